The normalized spacial score (nSPS) is 18.4. The van der Waals surface area contributed by atoms with Crippen molar-refractivity contribution in [1.29, 1.82) is 0 Å². The van der Waals surface area contributed by atoms with E-state index in [1.165, 1.54) is 23.5 Å². The number of rotatable bonds is 5. The van der Waals surface area contributed by atoms with Crippen molar-refractivity contribution in [3.63, 3.8) is 0 Å². The topological polar surface area (TPSA) is 64.0 Å². The summed E-state index contributed by atoms with van der Waals surface area (Å²) in [4.78, 5) is 28.0. The van der Waals surface area contributed by atoms with Crippen LogP contribution < -0.4 is 10.9 Å². The minimum absolute atomic E-state index is 0.0432. The van der Waals surface area contributed by atoms with Crippen LogP contribution in [0.1, 0.15) is 37.4 Å². The lowest BCUT2D eigenvalue weighted by Crippen LogP contribution is -2.35. The Morgan fingerprint density at radius 1 is 1.42 bits per heavy atom. The second-order valence-electron chi connectivity index (χ2n) is 5.38. The number of aromatic nitrogens is 2. The van der Waals surface area contributed by atoms with Crippen LogP contribution in [-0.2, 0) is 11.3 Å². The second kappa shape index (κ2) is 4.96. The molecule has 1 N–H and O–H groups in total. The molecule has 1 amide bonds. The number of amides is 1. The molecule has 102 valence electrons. The number of carbonyl (C=O) groups excluding carboxylic acids is 1. The van der Waals surface area contributed by atoms with Crippen LogP contribution >= 0.6 is 11.6 Å². The lowest BCUT2D eigenvalue weighted by atomic mass is 10.3. The summed E-state index contributed by atoms with van der Waals surface area (Å²) >= 11 is 5.82. The summed E-state index contributed by atoms with van der Waals surface area (Å²) in [5.41, 5.74) is -0.247. The Morgan fingerprint density at radius 2 is 2.16 bits per heavy atom. The molecule has 1 aromatic rings. The Balaban J connectivity index is 1.74. The largest absolute Gasteiger partial charge is 0.354 e. The SMILES string of the molecule is O=C(Cn1c(C2CC2)nc(Cl)cc1=O)NCC1CC1. The van der Waals surface area contributed by atoms with Crippen LogP contribution in [0, 0.1) is 5.92 Å². The van der Waals surface area contributed by atoms with Gasteiger partial charge in [0.1, 0.15) is 17.5 Å². The first-order valence-corrected chi connectivity index (χ1v) is 7.05. The van der Waals surface area contributed by atoms with Gasteiger partial charge in [-0.05, 0) is 31.6 Å². The van der Waals surface area contributed by atoms with Crippen molar-refractivity contribution in [3.8, 4) is 0 Å². The van der Waals surface area contributed by atoms with Gasteiger partial charge in [-0.2, -0.15) is 0 Å². The molecule has 0 saturated heterocycles. The van der Waals surface area contributed by atoms with E-state index in [-0.39, 0.29) is 29.1 Å². The van der Waals surface area contributed by atoms with Crippen LogP contribution in [0.4, 0.5) is 0 Å². The highest BCUT2D eigenvalue weighted by atomic mass is 35.5. The Labute approximate surface area is 116 Å². The summed E-state index contributed by atoms with van der Waals surface area (Å²) < 4.78 is 1.45. The Bertz CT molecular complexity index is 561. The summed E-state index contributed by atoms with van der Waals surface area (Å²) in [5.74, 6) is 1.44. The number of nitrogens with zero attached hydrogens (tertiary/aromatic N) is 2. The minimum Gasteiger partial charge on any atom is -0.354 e. The van der Waals surface area contributed by atoms with E-state index in [4.69, 9.17) is 11.6 Å². The fourth-order valence-corrected chi connectivity index (χ4v) is 2.27. The summed E-state index contributed by atoms with van der Waals surface area (Å²) in [6.45, 7) is 0.759. The van der Waals surface area contributed by atoms with Crippen LogP contribution in [0.2, 0.25) is 5.15 Å². The highest BCUT2D eigenvalue weighted by Gasteiger charge is 2.29. The molecule has 1 aromatic heterocycles. The molecule has 0 radical (unpaired) electrons. The highest BCUT2D eigenvalue weighted by Crippen LogP contribution is 2.38. The van der Waals surface area contributed by atoms with Gasteiger partial charge < -0.3 is 5.32 Å². The van der Waals surface area contributed by atoms with Crippen molar-refractivity contribution >= 4 is 17.5 Å². The van der Waals surface area contributed by atoms with Crippen molar-refractivity contribution in [2.75, 3.05) is 6.54 Å². The van der Waals surface area contributed by atoms with Crippen LogP contribution in [0.3, 0.4) is 0 Å². The predicted octanol–water partition coefficient (Wildman–Crippen LogP) is 1.30. The first-order chi connectivity index (χ1) is 9.13. The van der Waals surface area contributed by atoms with Gasteiger partial charge in [-0.1, -0.05) is 11.6 Å². The summed E-state index contributed by atoms with van der Waals surface area (Å²) in [5, 5.41) is 3.07. The first kappa shape index (κ1) is 12.7. The first-order valence-electron chi connectivity index (χ1n) is 6.67. The molecule has 5 nitrogen and oxygen atoms in total. The van der Waals surface area contributed by atoms with E-state index < -0.39 is 0 Å². The molecule has 0 atom stereocenters. The molecule has 0 aromatic carbocycles. The van der Waals surface area contributed by atoms with Crippen LogP contribution in [0.5, 0.6) is 0 Å². The van der Waals surface area contributed by atoms with E-state index in [9.17, 15) is 9.59 Å². The van der Waals surface area contributed by atoms with Gasteiger partial charge in [0.15, 0.2) is 0 Å². The fraction of sp³-hybridized carbons (Fsp3) is 0.615. The molecule has 0 unspecified atom stereocenters. The lowest BCUT2D eigenvalue weighted by molar-refractivity contribution is -0.121. The smallest absolute Gasteiger partial charge is 0.255 e. The molecular weight excluding hydrogens is 266 g/mol. The van der Waals surface area contributed by atoms with Gasteiger partial charge in [0, 0.05) is 18.5 Å². The molecule has 6 heteroatoms. The molecule has 0 bridgehead atoms. The zero-order valence-electron chi connectivity index (χ0n) is 10.6. The molecule has 2 aliphatic carbocycles. The van der Waals surface area contributed by atoms with Crippen molar-refractivity contribution < 1.29 is 4.79 Å². The molecule has 2 fully saturated rings. The summed E-state index contributed by atoms with van der Waals surface area (Å²) in [6.07, 6.45) is 4.40. The van der Waals surface area contributed by atoms with Crippen molar-refractivity contribution in [1.82, 2.24) is 14.9 Å². The number of hydrogen-bond acceptors (Lipinski definition) is 3. The number of halogens is 1. The highest BCUT2D eigenvalue weighted by molar-refractivity contribution is 6.29. The molecular formula is C13H16ClN3O2. The summed E-state index contributed by atoms with van der Waals surface area (Å²) in [6, 6.07) is 1.27. The maximum absolute atomic E-state index is 11.9. The quantitative estimate of drug-likeness (QED) is 0.828. The molecule has 0 aliphatic heterocycles. The van der Waals surface area contributed by atoms with E-state index in [0.717, 1.165) is 12.8 Å². The van der Waals surface area contributed by atoms with Gasteiger partial charge in [0.2, 0.25) is 5.91 Å². The standard InChI is InChI=1S/C13H16ClN3O2/c14-10-5-12(19)17(13(16-10)9-3-4-9)7-11(18)15-6-8-1-2-8/h5,8-9H,1-4,6-7H2,(H,15,18). The average Bonchev–Trinajstić information content (AvgIpc) is 3.24. The van der Waals surface area contributed by atoms with Crippen molar-refractivity contribution in [2.24, 2.45) is 5.92 Å². The number of nitrogens with one attached hydrogen (secondary N) is 1. The molecule has 3 rings (SSSR count). The molecule has 1 heterocycles. The van der Waals surface area contributed by atoms with Crippen LogP contribution in [-0.4, -0.2) is 22.0 Å². The van der Waals surface area contributed by atoms with E-state index in [0.29, 0.717) is 18.3 Å². The molecule has 2 saturated carbocycles. The maximum Gasteiger partial charge on any atom is 0.255 e. The van der Waals surface area contributed by atoms with E-state index in [2.05, 4.69) is 10.3 Å². The third-order valence-electron chi connectivity index (χ3n) is 3.54. The van der Waals surface area contributed by atoms with Gasteiger partial charge >= 0.3 is 0 Å². The van der Waals surface area contributed by atoms with Crippen molar-refractivity contribution in [2.45, 2.75) is 38.1 Å². The lowest BCUT2D eigenvalue weighted by Gasteiger charge is -2.11. The van der Waals surface area contributed by atoms with Gasteiger partial charge in [-0.3, -0.25) is 14.2 Å². The zero-order chi connectivity index (χ0) is 13.4. The molecule has 2 aliphatic rings. The van der Waals surface area contributed by atoms with Crippen molar-refractivity contribution in [3.05, 3.63) is 27.4 Å². The van der Waals surface area contributed by atoms with Gasteiger partial charge in [0.05, 0.1) is 0 Å². The molecule has 0 spiro atoms. The van der Waals surface area contributed by atoms with E-state index in [1.54, 1.807) is 0 Å². The van der Waals surface area contributed by atoms with Crippen LogP contribution in [0.15, 0.2) is 10.9 Å². The zero-order valence-corrected chi connectivity index (χ0v) is 11.3. The predicted molar refractivity (Wildman–Crippen MR) is 71.2 cm³/mol. The Morgan fingerprint density at radius 3 is 2.79 bits per heavy atom. The number of carbonyl (C=O) groups is 1. The minimum atomic E-state index is -0.247. The second-order valence-corrected chi connectivity index (χ2v) is 5.77. The monoisotopic (exact) mass is 281 g/mol. The fourth-order valence-electron chi connectivity index (χ4n) is 2.09. The third kappa shape index (κ3) is 3.15. The molecule has 19 heavy (non-hydrogen) atoms. The average molecular weight is 282 g/mol. The van der Waals surface area contributed by atoms with Gasteiger partial charge in [-0.15, -0.1) is 0 Å². The summed E-state index contributed by atoms with van der Waals surface area (Å²) in [7, 11) is 0. The third-order valence-corrected chi connectivity index (χ3v) is 3.73. The van der Waals surface area contributed by atoms with Gasteiger partial charge in [-0.25, -0.2) is 4.98 Å². The Hall–Kier alpha value is -1.36. The van der Waals surface area contributed by atoms with Crippen LogP contribution in [0.25, 0.3) is 0 Å². The Kier molecular flexibility index (Phi) is 3.31. The maximum atomic E-state index is 11.9. The van der Waals surface area contributed by atoms with E-state index >= 15 is 0 Å². The number of hydrogen-bond donors (Lipinski definition) is 1. The van der Waals surface area contributed by atoms with E-state index in [1.807, 2.05) is 0 Å². The van der Waals surface area contributed by atoms with Gasteiger partial charge in [0.25, 0.3) is 5.56 Å².